The van der Waals surface area contributed by atoms with Crippen LogP contribution in [0.15, 0.2) is 28.7 Å². The summed E-state index contributed by atoms with van der Waals surface area (Å²) in [5.41, 5.74) is 0. The molecule has 0 spiro atoms. The van der Waals surface area contributed by atoms with Crippen molar-refractivity contribution in [2.24, 2.45) is 5.92 Å². The second-order valence-corrected chi connectivity index (χ2v) is 6.30. The molecule has 106 valence electrons. The molecule has 1 saturated carbocycles. The van der Waals surface area contributed by atoms with E-state index in [2.05, 4.69) is 28.3 Å². The third-order valence-electron chi connectivity index (χ3n) is 4.06. The van der Waals surface area contributed by atoms with E-state index in [0.717, 1.165) is 29.2 Å². The first kappa shape index (κ1) is 14.9. The van der Waals surface area contributed by atoms with Crippen LogP contribution in [0.1, 0.15) is 38.5 Å². The van der Waals surface area contributed by atoms with Gasteiger partial charge >= 0.3 is 0 Å². The Balaban J connectivity index is 1.67. The third-order valence-corrected chi connectivity index (χ3v) is 4.56. The minimum Gasteiger partial charge on any atom is -0.494 e. The highest BCUT2D eigenvalue weighted by Crippen LogP contribution is 2.29. The summed E-state index contributed by atoms with van der Waals surface area (Å²) in [4.78, 5) is 0. The minimum atomic E-state index is 0.675. The molecule has 1 atom stereocenters. The molecule has 1 unspecified atom stereocenters. The van der Waals surface area contributed by atoms with E-state index in [1.807, 2.05) is 24.3 Å². The van der Waals surface area contributed by atoms with Crippen molar-refractivity contribution in [2.45, 2.75) is 44.6 Å². The maximum Gasteiger partial charge on any atom is 0.120 e. The van der Waals surface area contributed by atoms with Gasteiger partial charge in [-0.1, -0.05) is 34.8 Å². The Morgan fingerprint density at radius 2 is 2.16 bits per heavy atom. The van der Waals surface area contributed by atoms with E-state index in [-0.39, 0.29) is 0 Å². The van der Waals surface area contributed by atoms with Gasteiger partial charge in [-0.05, 0) is 56.8 Å². The van der Waals surface area contributed by atoms with Gasteiger partial charge in [0, 0.05) is 10.5 Å². The van der Waals surface area contributed by atoms with Crippen LogP contribution >= 0.6 is 15.9 Å². The number of ether oxygens (including phenoxy) is 1. The summed E-state index contributed by atoms with van der Waals surface area (Å²) in [5.74, 6) is 1.84. The molecule has 1 N–H and O–H groups in total. The van der Waals surface area contributed by atoms with Crippen LogP contribution in [0, 0.1) is 5.92 Å². The van der Waals surface area contributed by atoms with Gasteiger partial charge in [-0.2, -0.15) is 0 Å². The van der Waals surface area contributed by atoms with Crippen LogP contribution in [-0.2, 0) is 0 Å². The van der Waals surface area contributed by atoms with Gasteiger partial charge in [0.15, 0.2) is 0 Å². The molecule has 2 nitrogen and oxygen atoms in total. The Morgan fingerprint density at radius 3 is 2.84 bits per heavy atom. The Kier molecular flexibility index (Phi) is 6.18. The van der Waals surface area contributed by atoms with E-state index in [4.69, 9.17) is 4.74 Å². The van der Waals surface area contributed by atoms with Gasteiger partial charge in [0.2, 0.25) is 0 Å². The van der Waals surface area contributed by atoms with E-state index < -0.39 is 0 Å². The fourth-order valence-electron chi connectivity index (χ4n) is 3.03. The Morgan fingerprint density at radius 1 is 1.37 bits per heavy atom. The number of hydrogen-bond acceptors (Lipinski definition) is 2. The number of halogens is 1. The van der Waals surface area contributed by atoms with Crippen molar-refractivity contribution in [2.75, 3.05) is 13.7 Å². The molecular formula is C16H24BrNO. The molecule has 0 radical (unpaired) electrons. The van der Waals surface area contributed by atoms with Gasteiger partial charge in [-0.15, -0.1) is 0 Å². The molecular weight excluding hydrogens is 302 g/mol. The maximum atomic E-state index is 5.79. The van der Waals surface area contributed by atoms with Crippen LogP contribution in [0.25, 0.3) is 0 Å². The minimum absolute atomic E-state index is 0.675. The zero-order valence-electron chi connectivity index (χ0n) is 11.7. The predicted molar refractivity (Wildman–Crippen MR) is 83.7 cm³/mol. The molecule has 0 aliphatic heterocycles. The molecule has 0 saturated heterocycles. The van der Waals surface area contributed by atoms with Gasteiger partial charge < -0.3 is 10.1 Å². The summed E-state index contributed by atoms with van der Waals surface area (Å²) in [6.07, 6.45) is 7.97. The second-order valence-electron chi connectivity index (χ2n) is 5.39. The van der Waals surface area contributed by atoms with Gasteiger partial charge in [0.1, 0.15) is 5.75 Å². The fourth-order valence-corrected chi connectivity index (χ4v) is 3.40. The lowest BCUT2D eigenvalue weighted by Gasteiger charge is -2.22. The molecule has 0 amide bonds. The maximum absolute atomic E-state index is 5.79. The largest absolute Gasteiger partial charge is 0.494 e. The smallest absolute Gasteiger partial charge is 0.120 e. The van der Waals surface area contributed by atoms with Crippen LogP contribution in [0.5, 0.6) is 5.75 Å². The molecule has 3 heteroatoms. The Hall–Kier alpha value is -0.540. The van der Waals surface area contributed by atoms with Crippen molar-refractivity contribution in [3.05, 3.63) is 28.7 Å². The summed E-state index contributed by atoms with van der Waals surface area (Å²) in [7, 11) is 2.10. The first-order valence-electron chi connectivity index (χ1n) is 7.35. The molecule has 1 aromatic carbocycles. The molecule has 19 heavy (non-hydrogen) atoms. The summed E-state index contributed by atoms with van der Waals surface area (Å²) < 4.78 is 6.86. The van der Waals surface area contributed by atoms with Crippen molar-refractivity contribution in [1.82, 2.24) is 5.32 Å². The lowest BCUT2D eigenvalue weighted by Crippen LogP contribution is -2.32. The van der Waals surface area contributed by atoms with Crippen molar-refractivity contribution in [3.8, 4) is 5.75 Å². The average Bonchev–Trinajstić information content (AvgIpc) is 2.93. The van der Waals surface area contributed by atoms with Crippen LogP contribution in [0.2, 0.25) is 0 Å². The summed E-state index contributed by atoms with van der Waals surface area (Å²) in [5, 5.41) is 3.49. The lowest BCUT2D eigenvalue weighted by molar-refractivity contribution is 0.278. The normalized spacial score (nSPS) is 17.6. The zero-order valence-corrected chi connectivity index (χ0v) is 13.3. The molecule has 1 aliphatic carbocycles. The third kappa shape index (κ3) is 4.81. The van der Waals surface area contributed by atoms with E-state index in [1.165, 1.54) is 32.1 Å². The van der Waals surface area contributed by atoms with Crippen LogP contribution in [-0.4, -0.2) is 19.7 Å². The van der Waals surface area contributed by atoms with E-state index in [0.29, 0.717) is 6.04 Å². The fraction of sp³-hybridized carbons (Fsp3) is 0.625. The van der Waals surface area contributed by atoms with Gasteiger partial charge in [-0.25, -0.2) is 0 Å². The highest BCUT2D eigenvalue weighted by Gasteiger charge is 2.23. The number of hydrogen-bond donors (Lipinski definition) is 1. The monoisotopic (exact) mass is 325 g/mol. The number of rotatable bonds is 7. The topological polar surface area (TPSA) is 21.3 Å². The lowest BCUT2D eigenvalue weighted by atomic mass is 9.94. The number of benzene rings is 1. The van der Waals surface area contributed by atoms with Crippen LogP contribution in [0.4, 0.5) is 0 Å². The Bertz CT molecular complexity index is 377. The first-order valence-corrected chi connectivity index (χ1v) is 8.14. The molecule has 1 aliphatic rings. The standard InChI is InChI=1S/C16H24BrNO/c1-18-16(13-6-2-3-7-13)10-5-11-19-15-9-4-8-14(17)12-15/h4,8-9,12-13,16,18H,2-3,5-7,10-11H2,1H3. The van der Waals surface area contributed by atoms with Gasteiger partial charge in [0.25, 0.3) is 0 Å². The number of nitrogens with one attached hydrogen (secondary N) is 1. The van der Waals surface area contributed by atoms with Crippen LogP contribution < -0.4 is 10.1 Å². The van der Waals surface area contributed by atoms with Crippen molar-refractivity contribution < 1.29 is 4.74 Å². The first-order chi connectivity index (χ1) is 9.29. The van der Waals surface area contributed by atoms with Crippen molar-refractivity contribution >= 4 is 15.9 Å². The summed E-state index contributed by atoms with van der Waals surface area (Å²) >= 11 is 3.46. The van der Waals surface area contributed by atoms with Gasteiger partial charge in [0.05, 0.1) is 6.61 Å². The molecule has 0 heterocycles. The SMILES string of the molecule is CNC(CCCOc1cccc(Br)c1)C1CCCC1. The van der Waals surface area contributed by atoms with Gasteiger partial charge in [-0.3, -0.25) is 0 Å². The quantitative estimate of drug-likeness (QED) is 0.751. The molecule has 1 fully saturated rings. The Labute approximate surface area is 125 Å². The average molecular weight is 326 g/mol. The zero-order chi connectivity index (χ0) is 13.5. The molecule has 0 bridgehead atoms. The second kappa shape index (κ2) is 7.91. The van der Waals surface area contributed by atoms with E-state index in [1.54, 1.807) is 0 Å². The summed E-state index contributed by atoms with van der Waals surface area (Å²) in [6.45, 7) is 0.807. The van der Waals surface area contributed by atoms with E-state index in [9.17, 15) is 0 Å². The highest BCUT2D eigenvalue weighted by molar-refractivity contribution is 9.10. The van der Waals surface area contributed by atoms with Crippen molar-refractivity contribution in [1.29, 1.82) is 0 Å². The summed E-state index contributed by atoms with van der Waals surface area (Å²) in [6, 6.07) is 8.73. The van der Waals surface area contributed by atoms with E-state index >= 15 is 0 Å². The predicted octanol–water partition coefficient (Wildman–Crippen LogP) is 4.39. The van der Waals surface area contributed by atoms with Crippen LogP contribution in [0.3, 0.4) is 0 Å². The van der Waals surface area contributed by atoms with Crippen molar-refractivity contribution in [3.63, 3.8) is 0 Å². The molecule has 2 rings (SSSR count). The molecule has 0 aromatic heterocycles. The molecule has 1 aromatic rings. The highest BCUT2D eigenvalue weighted by atomic mass is 79.9.